The lowest BCUT2D eigenvalue weighted by Gasteiger charge is -2.36. The van der Waals surface area contributed by atoms with Gasteiger partial charge in [0, 0.05) is 5.56 Å². The molecule has 0 amide bonds. The monoisotopic (exact) mass is 449 g/mol. The van der Waals surface area contributed by atoms with Crippen LogP contribution in [-0.2, 0) is 5.54 Å². The SMILES string of the molecule is Cc1ccc(O)cc1-c1oc(=O)n(C(c2ccccc2)(c2ccccc2)c2ccccc2)c1O. The molecule has 0 aliphatic heterocycles. The lowest BCUT2D eigenvalue weighted by atomic mass is 9.76. The lowest BCUT2D eigenvalue weighted by molar-refractivity contribution is 0.366. The first-order valence-electron chi connectivity index (χ1n) is 11.0. The highest BCUT2D eigenvalue weighted by molar-refractivity contribution is 5.68. The zero-order valence-corrected chi connectivity index (χ0v) is 18.6. The Balaban J connectivity index is 1.93. The second kappa shape index (κ2) is 8.45. The van der Waals surface area contributed by atoms with Crippen molar-refractivity contribution in [3.63, 3.8) is 0 Å². The molecule has 0 radical (unpaired) electrons. The molecule has 0 saturated heterocycles. The van der Waals surface area contributed by atoms with Crippen LogP contribution in [-0.4, -0.2) is 14.8 Å². The molecule has 168 valence electrons. The van der Waals surface area contributed by atoms with Crippen molar-refractivity contribution in [1.82, 2.24) is 4.57 Å². The first-order valence-corrected chi connectivity index (χ1v) is 11.0. The van der Waals surface area contributed by atoms with E-state index in [1.54, 1.807) is 12.1 Å². The maximum absolute atomic E-state index is 13.6. The molecule has 1 heterocycles. The van der Waals surface area contributed by atoms with Crippen LogP contribution < -0.4 is 5.76 Å². The molecule has 0 aliphatic carbocycles. The molecule has 0 atom stereocenters. The second-order valence-electron chi connectivity index (χ2n) is 8.16. The highest BCUT2D eigenvalue weighted by atomic mass is 16.4. The Hall–Kier alpha value is -4.51. The number of rotatable bonds is 5. The van der Waals surface area contributed by atoms with Crippen LogP contribution in [0.15, 0.2) is 118 Å². The fourth-order valence-electron chi connectivity index (χ4n) is 4.62. The average Bonchev–Trinajstić information content (AvgIpc) is 3.17. The van der Waals surface area contributed by atoms with Gasteiger partial charge in [-0.3, -0.25) is 0 Å². The van der Waals surface area contributed by atoms with Crippen LogP contribution in [0.2, 0.25) is 0 Å². The third-order valence-electron chi connectivity index (χ3n) is 6.16. The summed E-state index contributed by atoms with van der Waals surface area (Å²) in [6.45, 7) is 1.82. The lowest BCUT2D eigenvalue weighted by Crippen LogP contribution is -2.42. The number of hydrogen-bond donors (Lipinski definition) is 2. The van der Waals surface area contributed by atoms with E-state index in [0.29, 0.717) is 5.56 Å². The minimum Gasteiger partial charge on any atom is -0.508 e. The number of aromatic hydroxyl groups is 2. The molecule has 34 heavy (non-hydrogen) atoms. The maximum atomic E-state index is 13.6. The zero-order chi connectivity index (χ0) is 23.7. The molecule has 4 aromatic carbocycles. The van der Waals surface area contributed by atoms with E-state index < -0.39 is 11.3 Å². The molecule has 0 bridgehead atoms. The van der Waals surface area contributed by atoms with E-state index in [4.69, 9.17) is 4.42 Å². The molecule has 0 fully saturated rings. The van der Waals surface area contributed by atoms with Crippen molar-refractivity contribution >= 4 is 0 Å². The van der Waals surface area contributed by atoms with Crippen LogP contribution in [0.5, 0.6) is 11.6 Å². The number of aryl methyl sites for hydroxylation is 1. The van der Waals surface area contributed by atoms with Gasteiger partial charge >= 0.3 is 5.76 Å². The van der Waals surface area contributed by atoms with E-state index in [0.717, 1.165) is 22.3 Å². The van der Waals surface area contributed by atoms with Crippen molar-refractivity contribution in [1.29, 1.82) is 0 Å². The number of nitrogens with zero attached hydrogens (tertiary/aromatic N) is 1. The van der Waals surface area contributed by atoms with Gasteiger partial charge in [-0.1, -0.05) is 97.1 Å². The molecule has 5 heteroatoms. The topological polar surface area (TPSA) is 75.6 Å². The van der Waals surface area contributed by atoms with Gasteiger partial charge < -0.3 is 14.6 Å². The minimum absolute atomic E-state index is 0.00516. The third-order valence-corrected chi connectivity index (χ3v) is 6.16. The summed E-state index contributed by atoms with van der Waals surface area (Å²) in [5, 5.41) is 21.6. The van der Waals surface area contributed by atoms with Crippen molar-refractivity contribution in [2.45, 2.75) is 12.5 Å². The Morgan fingerprint density at radius 2 is 1.18 bits per heavy atom. The first kappa shape index (κ1) is 21.3. The first-order chi connectivity index (χ1) is 16.5. The molecule has 5 rings (SSSR count). The molecule has 2 N–H and O–H groups in total. The highest BCUT2D eigenvalue weighted by Gasteiger charge is 2.43. The fourth-order valence-corrected chi connectivity index (χ4v) is 4.62. The molecule has 1 aromatic heterocycles. The fraction of sp³-hybridized carbons (Fsp3) is 0.0690. The second-order valence-corrected chi connectivity index (χ2v) is 8.16. The van der Waals surface area contributed by atoms with Gasteiger partial charge in [-0.05, 0) is 41.3 Å². The van der Waals surface area contributed by atoms with Gasteiger partial charge in [0.15, 0.2) is 0 Å². The predicted molar refractivity (Wildman–Crippen MR) is 131 cm³/mol. The number of benzene rings is 4. The molecule has 0 spiro atoms. The van der Waals surface area contributed by atoms with Crippen LogP contribution in [0.25, 0.3) is 11.3 Å². The van der Waals surface area contributed by atoms with Crippen LogP contribution in [0, 0.1) is 6.92 Å². The highest BCUT2D eigenvalue weighted by Crippen LogP contribution is 2.44. The zero-order valence-electron chi connectivity index (χ0n) is 18.6. The summed E-state index contributed by atoms with van der Waals surface area (Å²) in [7, 11) is 0. The third kappa shape index (κ3) is 3.30. The Kier molecular flexibility index (Phi) is 5.30. The molecular weight excluding hydrogens is 426 g/mol. The van der Waals surface area contributed by atoms with Crippen molar-refractivity contribution < 1.29 is 14.6 Å². The van der Waals surface area contributed by atoms with E-state index in [-0.39, 0.29) is 17.4 Å². The van der Waals surface area contributed by atoms with Crippen LogP contribution in [0.3, 0.4) is 0 Å². The van der Waals surface area contributed by atoms with E-state index in [9.17, 15) is 15.0 Å². The van der Waals surface area contributed by atoms with Gasteiger partial charge in [0.1, 0.15) is 11.3 Å². The number of aromatic nitrogens is 1. The van der Waals surface area contributed by atoms with Crippen molar-refractivity contribution in [3.05, 3.63) is 142 Å². The van der Waals surface area contributed by atoms with Crippen molar-refractivity contribution in [3.8, 4) is 23.0 Å². The van der Waals surface area contributed by atoms with Gasteiger partial charge in [-0.15, -0.1) is 0 Å². The Morgan fingerprint density at radius 1 is 0.706 bits per heavy atom. The Bertz CT molecular complexity index is 1390. The van der Waals surface area contributed by atoms with Crippen LogP contribution in [0.1, 0.15) is 22.3 Å². The van der Waals surface area contributed by atoms with Gasteiger partial charge in [0.25, 0.3) is 0 Å². The summed E-state index contributed by atoms with van der Waals surface area (Å²) in [6.07, 6.45) is 0. The minimum atomic E-state index is -1.21. The summed E-state index contributed by atoms with van der Waals surface area (Å²) in [5.74, 6) is -1.02. The van der Waals surface area contributed by atoms with E-state index >= 15 is 0 Å². The van der Waals surface area contributed by atoms with Gasteiger partial charge in [-0.2, -0.15) is 0 Å². The standard InChI is InChI=1S/C29H23NO4/c1-20-17-18-24(31)19-25(20)26-27(32)30(28(33)34-26)29(21-11-5-2-6-12-21,22-13-7-3-8-14-22)23-15-9-4-10-16-23/h2-19,31-32H,1H3. The molecule has 5 aromatic rings. The van der Waals surface area contributed by atoms with E-state index in [2.05, 4.69) is 0 Å². The van der Waals surface area contributed by atoms with Gasteiger partial charge in [0.05, 0.1) is 0 Å². The number of hydrogen-bond acceptors (Lipinski definition) is 4. The van der Waals surface area contributed by atoms with Crippen molar-refractivity contribution in [2.75, 3.05) is 0 Å². The average molecular weight is 450 g/mol. The van der Waals surface area contributed by atoms with Gasteiger partial charge in [0.2, 0.25) is 11.6 Å². The number of oxazole rings is 1. The van der Waals surface area contributed by atoms with E-state index in [1.807, 2.05) is 97.9 Å². The van der Waals surface area contributed by atoms with Crippen molar-refractivity contribution in [2.24, 2.45) is 0 Å². The summed E-state index contributed by atoms with van der Waals surface area (Å²) in [5.41, 5.74) is 2.33. The molecular formula is C29H23NO4. The van der Waals surface area contributed by atoms with Gasteiger partial charge in [-0.25, -0.2) is 9.36 Å². The predicted octanol–water partition coefficient (Wildman–Crippen LogP) is 5.67. The Morgan fingerprint density at radius 3 is 1.65 bits per heavy atom. The summed E-state index contributed by atoms with van der Waals surface area (Å²) < 4.78 is 6.98. The summed E-state index contributed by atoms with van der Waals surface area (Å²) >= 11 is 0. The summed E-state index contributed by atoms with van der Waals surface area (Å²) in [4.78, 5) is 13.6. The molecule has 0 aliphatic rings. The normalized spacial score (nSPS) is 11.4. The Labute approximate surface area is 196 Å². The van der Waals surface area contributed by atoms with Crippen LogP contribution in [0.4, 0.5) is 0 Å². The molecule has 0 unspecified atom stereocenters. The summed E-state index contributed by atoms with van der Waals surface area (Å²) in [6, 6.07) is 33.4. The smallest absolute Gasteiger partial charge is 0.423 e. The number of phenolic OH excluding ortho intramolecular Hbond substituents is 1. The quantitative estimate of drug-likeness (QED) is 0.339. The largest absolute Gasteiger partial charge is 0.508 e. The molecule has 0 saturated carbocycles. The maximum Gasteiger partial charge on any atom is 0.423 e. The molecule has 5 nitrogen and oxygen atoms in total. The van der Waals surface area contributed by atoms with E-state index in [1.165, 1.54) is 10.6 Å². The number of phenols is 1. The van der Waals surface area contributed by atoms with Crippen LogP contribution >= 0.6 is 0 Å².